The van der Waals surface area contributed by atoms with Gasteiger partial charge in [0.25, 0.3) is 0 Å². The number of rotatable bonds is 10. The molecule has 2 aromatic rings. The lowest BCUT2D eigenvalue weighted by Gasteiger charge is -2.21. The highest BCUT2D eigenvalue weighted by Crippen LogP contribution is 2.28. The number of hydrogen-bond donors (Lipinski definition) is 3. The summed E-state index contributed by atoms with van der Waals surface area (Å²) in [6.45, 7) is 6.38. The number of nitrogens with one attached hydrogen (secondary N) is 1. The van der Waals surface area contributed by atoms with Crippen LogP contribution in [0.25, 0.3) is 0 Å². The van der Waals surface area contributed by atoms with Gasteiger partial charge < -0.3 is 25.0 Å². The van der Waals surface area contributed by atoms with E-state index in [0.717, 1.165) is 23.1 Å². The van der Waals surface area contributed by atoms with Gasteiger partial charge in [0, 0.05) is 6.04 Å². The molecule has 2 aromatic carbocycles. The number of halogens is 1. The number of carbonyl (C=O) groups is 1. The highest BCUT2D eigenvalue weighted by Gasteiger charge is 2.16. The van der Waals surface area contributed by atoms with Crippen LogP contribution in [0.15, 0.2) is 36.4 Å². The summed E-state index contributed by atoms with van der Waals surface area (Å²) < 4.78 is 10.3. The van der Waals surface area contributed by atoms with Gasteiger partial charge >= 0.3 is 5.97 Å². The van der Waals surface area contributed by atoms with Gasteiger partial charge in [-0.25, -0.2) is 4.79 Å². The summed E-state index contributed by atoms with van der Waals surface area (Å²) >= 11 is 6.29. The second-order valence-electron chi connectivity index (χ2n) is 6.83. The van der Waals surface area contributed by atoms with Gasteiger partial charge in [0.05, 0.1) is 17.7 Å². The molecule has 0 saturated heterocycles. The highest BCUT2D eigenvalue weighted by molar-refractivity contribution is 6.32. The van der Waals surface area contributed by atoms with Crippen LogP contribution in [0.3, 0.4) is 0 Å². The lowest BCUT2D eigenvalue weighted by molar-refractivity contribution is -0.145. The van der Waals surface area contributed by atoms with Gasteiger partial charge in [-0.3, -0.25) is 0 Å². The Kier molecular flexibility index (Phi) is 8.76. The highest BCUT2D eigenvalue weighted by atomic mass is 35.5. The SMILES string of the molecule is CCOC(=O)COc1cc(C)c(CCN[C@@H](C)[C@H](O)c2ccc(O)cc2)cc1Cl. The fourth-order valence-corrected chi connectivity index (χ4v) is 3.16. The van der Waals surface area contributed by atoms with E-state index in [2.05, 4.69) is 5.32 Å². The second-order valence-corrected chi connectivity index (χ2v) is 7.24. The van der Waals surface area contributed by atoms with Gasteiger partial charge in [-0.1, -0.05) is 23.7 Å². The average Bonchev–Trinajstić information content (AvgIpc) is 2.69. The number of aliphatic hydroxyl groups excluding tert-OH is 1. The van der Waals surface area contributed by atoms with E-state index in [0.29, 0.717) is 23.9 Å². The summed E-state index contributed by atoms with van der Waals surface area (Å²) in [5.74, 6) is 0.185. The molecule has 0 aromatic heterocycles. The number of aryl methyl sites for hydroxylation is 1. The van der Waals surface area contributed by atoms with Gasteiger partial charge in [-0.15, -0.1) is 0 Å². The summed E-state index contributed by atoms with van der Waals surface area (Å²) in [7, 11) is 0. The van der Waals surface area contributed by atoms with Crippen molar-refractivity contribution >= 4 is 17.6 Å². The smallest absolute Gasteiger partial charge is 0.344 e. The molecule has 7 heteroatoms. The molecule has 0 aliphatic rings. The largest absolute Gasteiger partial charge is 0.508 e. The summed E-state index contributed by atoms with van der Waals surface area (Å²) in [4.78, 5) is 11.4. The fourth-order valence-electron chi connectivity index (χ4n) is 2.92. The standard InChI is InChI=1S/C22H28ClNO5/c1-4-28-21(26)13-29-20-11-14(2)17(12-19(20)23)9-10-24-15(3)22(27)16-5-7-18(25)8-6-16/h5-8,11-12,15,22,24-25,27H,4,9-10,13H2,1-3H3/t15-,22-/m0/s1. The van der Waals surface area contributed by atoms with E-state index >= 15 is 0 Å². The van der Waals surface area contributed by atoms with Crippen molar-refractivity contribution in [2.75, 3.05) is 19.8 Å². The number of aliphatic hydroxyl groups is 1. The van der Waals surface area contributed by atoms with Crippen LogP contribution < -0.4 is 10.1 Å². The van der Waals surface area contributed by atoms with Crippen molar-refractivity contribution in [3.63, 3.8) is 0 Å². The van der Waals surface area contributed by atoms with Crippen molar-refractivity contribution < 1.29 is 24.5 Å². The third-order valence-corrected chi connectivity index (χ3v) is 4.91. The summed E-state index contributed by atoms with van der Waals surface area (Å²) in [5, 5.41) is 23.5. The first-order valence-electron chi connectivity index (χ1n) is 9.59. The number of esters is 1. The van der Waals surface area contributed by atoms with Gasteiger partial charge in [-0.2, -0.15) is 0 Å². The molecule has 0 amide bonds. The molecule has 0 bridgehead atoms. The van der Waals surface area contributed by atoms with Crippen LogP contribution in [0.2, 0.25) is 5.02 Å². The topological polar surface area (TPSA) is 88.0 Å². The zero-order chi connectivity index (χ0) is 21.4. The normalized spacial score (nSPS) is 13.0. The first-order valence-corrected chi connectivity index (χ1v) is 9.97. The van der Waals surface area contributed by atoms with Gasteiger partial charge in [0.15, 0.2) is 6.61 Å². The van der Waals surface area contributed by atoms with E-state index in [1.165, 1.54) is 0 Å². The molecule has 0 unspecified atom stereocenters. The second kappa shape index (κ2) is 11.0. The third-order valence-electron chi connectivity index (χ3n) is 4.61. The molecular weight excluding hydrogens is 394 g/mol. The predicted molar refractivity (Wildman–Crippen MR) is 113 cm³/mol. The van der Waals surface area contributed by atoms with Crippen molar-refractivity contribution in [1.82, 2.24) is 5.32 Å². The Labute approximate surface area is 176 Å². The molecule has 0 spiro atoms. The molecule has 29 heavy (non-hydrogen) atoms. The summed E-state index contributed by atoms with van der Waals surface area (Å²) in [5.41, 5.74) is 2.80. The third kappa shape index (κ3) is 6.92. The van der Waals surface area contributed by atoms with E-state index < -0.39 is 12.1 Å². The number of aromatic hydroxyl groups is 1. The van der Waals surface area contributed by atoms with E-state index in [1.807, 2.05) is 26.0 Å². The predicted octanol–water partition coefficient (Wildman–Crippen LogP) is 3.55. The molecule has 0 aliphatic carbocycles. The Morgan fingerprint density at radius 1 is 1.24 bits per heavy atom. The maximum Gasteiger partial charge on any atom is 0.344 e. The molecule has 3 N–H and O–H groups in total. The minimum absolute atomic E-state index is 0.164. The van der Waals surface area contributed by atoms with E-state index in [9.17, 15) is 15.0 Å². The van der Waals surface area contributed by atoms with Crippen molar-refractivity contribution in [3.8, 4) is 11.5 Å². The number of phenols is 1. The number of ether oxygens (including phenoxy) is 2. The van der Waals surface area contributed by atoms with E-state index in [-0.39, 0.29) is 18.4 Å². The Morgan fingerprint density at radius 2 is 1.93 bits per heavy atom. The molecule has 2 rings (SSSR count). The van der Waals surface area contributed by atoms with Crippen LogP contribution in [0.4, 0.5) is 0 Å². The van der Waals surface area contributed by atoms with Crippen molar-refractivity contribution in [3.05, 3.63) is 58.1 Å². The molecule has 0 saturated carbocycles. The monoisotopic (exact) mass is 421 g/mol. The molecule has 0 fully saturated rings. The number of benzene rings is 2. The maximum absolute atomic E-state index is 11.4. The van der Waals surface area contributed by atoms with Crippen molar-refractivity contribution in [1.29, 1.82) is 0 Å². The van der Waals surface area contributed by atoms with Crippen molar-refractivity contribution in [2.45, 2.75) is 39.3 Å². The molecule has 6 nitrogen and oxygen atoms in total. The zero-order valence-electron chi connectivity index (χ0n) is 16.9. The van der Waals surface area contributed by atoms with Crippen LogP contribution in [0.1, 0.15) is 36.6 Å². The molecular formula is C22H28ClNO5. The molecule has 0 radical (unpaired) electrons. The van der Waals surface area contributed by atoms with Gasteiger partial charge in [0.2, 0.25) is 0 Å². The first-order chi connectivity index (χ1) is 13.8. The minimum atomic E-state index is -0.682. The van der Waals surface area contributed by atoms with E-state index in [4.69, 9.17) is 21.1 Å². The Bertz CT molecular complexity index is 810. The minimum Gasteiger partial charge on any atom is -0.508 e. The Hall–Kier alpha value is -2.28. The lowest BCUT2D eigenvalue weighted by atomic mass is 10.0. The molecule has 0 aliphatic heterocycles. The van der Waals surface area contributed by atoms with E-state index in [1.54, 1.807) is 31.2 Å². The fraction of sp³-hybridized carbons (Fsp3) is 0.409. The lowest BCUT2D eigenvalue weighted by Crippen LogP contribution is -2.33. The maximum atomic E-state index is 11.4. The number of phenolic OH excluding ortho intramolecular Hbond substituents is 1. The Morgan fingerprint density at radius 3 is 2.59 bits per heavy atom. The van der Waals surface area contributed by atoms with Crippen LogP contribution in [0, 0.1) is 6.92 Å². The average molecular weight is 422 g/mol. The number of carbonyl (C=O) groups excluding carboxylic acids is 1. The summed E-state index contributed by atoms with van der Waals surface area (Å²) in [6.07, 6.45) is 0.0371. The number of hydrogen-bond acceptors (Lipinski definition) is 6. The summed E-state index contributed by atoms with van der Waals surface area (Å²) in [6, 6.07) is 10.0. The van der Waals surface area contributed by atoms with Crippen LogP contribution >= 0.6 is 11.6 Å². The van der Waals surface area contributed by atoms with Gasteiger partial charge in [-0.05, 0) is 74.7 Å². The molecule has 0 heterocycles. The van der Waals surface area contributed by atoms with Crippen LogP contribution in [-0.4, -0.2) is 42.0 Å². The Balaban J connectivity index is 1.89. The van der Waals surface area contributed by atoms with Gasteiger partial charge in [0.1, 0.15) is 11.5 Å². The first kappa shape index (κ1) is 23.0. The molecule has 2 atom stereocenters. The quantitative estimate of drug-likeness (QED) is 0.508. The van der Waals surface area contributed by atoms with Crippen molar-refractivity contribution in [2.24, 2.45) is 0 Å². The molecule has 158 valence electrons. The zero-order valence-corrected chi connectivity index (χ0v) is 17.7. The van der Waals surface area contributed by atoms with Crippen LogP contribution in [-0.2, 0) is 16.0 Å². The van der Waals surface area contributed by atoms with Crippen LogP contribution in [0.5, 0.6) is 11.5 Å².